The summed E-state index contributed by atoms with van der Waals surface area (Å²) in [6.45, 7) is 0. The number of halogens is 2. The molecule has 0 fully saturated rings. The lowest BCUT2D eigenvalue weighted by Gasteiger charge is -2.29. The molecule has 37 heavy (non-hydrogen) atoms. The maximum absolute atomic E-state index is 13.8. The lowest BCUT2D eigenvalue weighted by atomic mass is 9.78. The van der Waals surface area contributed by atoms with E-state index in [0.717, 1.165) is 28.4 Å². The highest BCUT2D eigenvalue weighted by Gasteiger charge is 2.37. The molecule has 2 N–H and O–H groups in total. The fourth-order valence-corrected chi connectivity index (χ4v) is 5.75. The van der Waals surface area contributed by atoms with Crippen molar-refractivity contribution in [3.05, 3.63) is 110 Å². The highest BCUT2D eigenvalue weighted by molar-refractivity contribution is 6.38. The smallest absolute Gasteiger partial charge is 0.198 e. The van der Waals surface area contributed by atoms with E-state index in [1.807, 2.05) is 48.5 Å². The molecule has 0 radical (unpaired) electrons. The van der Waals surface area contributed by atoms with E-state index in [9.17, 15) is 9.59 Å². The Morgan fingerprint density at radius 3 is 2.49 bits per heavy atom. The molecule has 2 atom stereocenters. The third-order valence-electron chi connectivity index (χ3n) is 7.03. The number of benzene rings is 3. The van der Waals surface area contributed by atoms with Gasteiger partial charge in [-0.1, -0.05) is 47.5 Å². The summed E-state index contributed by atoms with van der Waals surface area (Å²) in [5.74, 6) is 0.713. The number of ether oxygens (including phenoxy) is 1. The molecule has 1 aliphatic heterocycles. The van der Waals surface area contributed by atoms with Crippen LogP contribution in [0, 0.1) is 0 Å². The Balaban J connectivity index is 1.50. The van der Waals surface area contributed by atoms with E-state index in [1.54, 1.807) is 13.2 Å². The summed E-state index contributed by atoms with van der Waals surface area (Å²) >= 11 is 12.5. The van der Waals surface area contributed by atoms with Crippen molar-refractivity contribution in [2.45, 2.75) is 24.8 Å². The second-order valence-corrected chi connectivity index (χ2v) is 10.1. The summed E-state index contributed by atoms with van der Waals surface area (Å²) in [6, 6.07) is 17.8. The monoisotopic (exact) mass is 532 g/mol. The number of rotatable bonds is 3. The predicted molar refractivity (Wildman–Crippen MR) is 146 cm³/mol. The maximum Gasteiger partial charge on any atom is 0.198 e. The number of fused-ring (bicyclic) bond motifs is 2. The molecular formula is C29H22Cl2N2O4. The van der Waals surface area contributed by atoms with Crippen molar-refractivity contribution >= 4 is 51.3 Å². The number of hydrogen-bond donors (Lipinski definition) is 2. The Morgan fingerprint density at radius 1 is 0.973 bits per heavy atom. The van der Waals surface area contributed by atoms with Gasteiger partial charge in [0.25, 0.3) is 0 Å². The van der Waals surface area contributed by atoms with Gasteiger partial charge in [0.2, 0.25) is 0 Å². The molecule has 0 amide bonds. The van der Waals surface area contributed by atoms with Crippen LogP contribution >= 0.6 is 23.2 Å². The van der Waals surface area contributed by atoms with E-state index < -0.39 is 6.04 Å². The molecule has 1 aliphatic carbocycles. The Morgan fingerprint density at radius 2 is 1.73 bits per heavy atom. The number of allylic oxidation sites excluding steroid dienone is 1. The Kier molecular flexibility index (Phi) is 5.94. The van der Waals surface area contributed by atoms with Gasteiger partial charge in [-0.25, -0.2) is 0 Å². The van der Waals surface area contributed by atoms with E-state index in [1.165, 1.54) is 12.3 Å². The van der Waals surface area contributed by atoms with Crippen LogP contribution in [0.3, 0.4) is 0 Å². The van der Waals surface area contributed by atoms with Crippen LogP contribution in [0.2, 0.25) is 10.0 Å². The van der Waals surface area contributed by atoms with Crippen molar-refractivity contribution in [1.29, 1.82) is 0 Å². The highest BCUT2D eigenvalue weighted by Crippen LogP contribution is 2.44. The van der Waals surface area contributed by atoms with Gasteiger partial charge in [-0.15, -0.1) is 0 Å². The molecule has 1 aromatic heterocycles. The second kappa shape index (κ2) is 9.29. The van der Waals surface area contributed by atoms with E-state index in [2.05, 4.69) is 10.6 Å². The Labute approximate surface area is 222 Å². The largest absolute Gasteiger partial charge is 0.497 e. The molecular weight excluding hydrogens is 511 g/mol. The van der Waals surface area contributed by atoms with Gasteiger partial charge in [-0.3, -0.25) is 9.59 Å². The van der Waals surface area contributed by atoms with Crippen LogP contribution < -0.4 is 20.8 Å². The number of carbonyl (C=O) groups is 1. The molecule has 0 spiro atoms. The summed E-state index contributed by atoms with van der Waals surface area (Å²) in [7, 11) is 1.63. The van der Waals surface area contributed by atoms with E-state index in [4.69, 9.17) is 32.4 Å². The number of hydrogen-bond acceptors (Lipinski definition) is 6. The van der Waals surface area contributed by atoms with Gasteiger partial charge in [-0.05, 0) is 54.3 Å². The van der Waals surface area contributed by atoms with Gasteiger partial charge in [0.15, 0.2) is 16.8 Å². The van der Waals surface area contributed by atoms with Gasteiger partial charge >= 0.3 is 0 Å². The van der Waals surface area contributed by atoms with Crippen molar-refractivity contribution in [3.8, 4) is 5.75 Å². The standard InChI is InChI=1S/C29H22Cl2N2O4/c1-36-18-8-6-15(7-9-18)16-10-24-26(25(34)11-16)27(33-23-5-3-2-4-22(23)32-24)20-14-37-29-19(28(20)35)12-17(30)13-21(29)31/h2-9,12-14,16,27,32-33H,10-11H2,1H3/t16-,27+/m1/s1. The van der Waals surface area contributed by atoms with Crippen molar-refractivity contribution in [2.24, 2.45) is 0 Å². The minimum atomic E-state index is -0.714. The number of nitrogens with one attached hydrogen (secondary N) is 2. The first-order valence-electron chi connectivity index (χ1n) is 11.9. The van der Waals surface area contributed by atoms with Crippen LogP contribution in [0.25, 0.3) is 11.0 Å². The fraction of sp³-hybridized carbons (Fsp3) is 0.172. The minimum absolute atomic E-state index is 0.0128. The predicted octanol–water partition coefficient (Wildman–Crippen LogP) is 7.09. The Bertz CT molecular complexity index is 1640. The van der Waals surface area contributed by atoms with Gasteiger partial charge < -0.3 is 19.8 Å². The zero-order valence-electron chi connectivity index (χ0n) is 19.8. The zero-order valence-corrected chi connectivity index (χ0v) is 21.3. The first-order valence-corrected chi connectivity index (χ1v) is 12.6. The molecule has 0 unspecified atom stereocenters. The molecule has 6 nitrogen and oxygen atoms in total. The number of anilines is 2. The summed E-state index contributed by atoms with van der Waals surface area (Å²) in [6.07, 6.45) is 2.32. The molecule has 2 heterocycles. The Hall–Kier alpha value is -3.74. The van der Waals surface area contributed by atoms with Crippen LogP contribution in [-0.2, 0) is 4.79 Å². The third-order valence-corrected chi connectivity index (χ3v) is 7.53. The normalized spacial score (nSPS) is 18.9. The SMILES string of the molecule is COc1ccc([C@H]2CC(=O)C3=C(C2)Nc2ccccc2N[C@H]3c2coc3c(Cl)cc(Cl)cc3c2=O)cc1. The maximum atomic E-state index is 13.8. The van der Waals surface area contributed by atoms with Crippen LogP contribution in [-0.4, -0.2) is 12.9 Å². The fourth-order valence-electron chi connectivity index (χ4n) is 5.22. The zero-order chi connectivity index (χ0) is 25.7. The number of carbonyl (C=O) groups excluding carboxylic acids is 1. The summed E-state index contributed by atoms with van der Waals surface area (Å²) in [4.78, 5) is 27.5. The molecule has 6 rings (SSSR count). The van der Waals surface area contributed by atoms with E-state index in [0.29, 0.717) is 29.0 Å². The molecule has 2 aliphatic rings. The minimum Gasteiger partial charge on any atom is -0.497 e. The molecule has 4 aromatic rings. The molecule has 0 saturated heterocycles. The van der Waals surface area contributed by atoms with Crippen molar-refractivity contribution in [3.63, 3.8) is 0 Å². The number of ketones is 1. The highest BCUT2D eigenvalue weighted by atomic mass is 35.5. The number of para-hydroxylation sites is 2. The average Bonchev–Trinajstić information content (AvgIpc) is 3.06. The van der Waals surface area contributed by atoms with Crippen molar-refractivity contribution in [1.82, 2.24) is 0 Å². The van der Waals surface area contributed by atoms with Crippen LogP contribution in [0.1, 0.15) is 35.9 Å². The van der Waals surface area contributed by atoms with Gasteiger partial charge in [-0.2, -0.15) is 0 Å². The van der Waals surface area contributed by atoms with E-state index >= 15 is 0 Å². The third kappa shape index (κ3) is 4.16. The van der Waals surface area contributed by atoms with Crippen LogP contribution in [0.15, 0.2) is 87.4 Å². The van der Waals surface area contributed by atoms with E-state index in [-0.39, 0.29) is 33.1 Å². The number of methoxy groups -OCH3 is 1. The summed E-state index contributed by atoms with van der Waals surface area (Å²) < 4.78 is 11.1. The molecule has 186 valence electrons. The average molecular weight is 533 g/mol. The van der Waals surface area contributed by atoms with Crippen LogP contribution in [0.4, 0.5) is 11.4 Å². The lowest BCUT2D eigenvalue weighted by Crippen LogP contribution is -2.29. The lowest BCUT2D eigenvalue weighted by molar-refractivity contribution is -0.116. The van der Waals surface area contributed by atoms with Crippen molar-refractivity contribution in [2.75, 3.05) is 17.7 Å². The van der Waals surface area contributed by atoms with Crippen molar-refractivity contribution < 1.29 is 13.9 Å². The first kappa shape index (κ1) is 23.6. The number of Topliss-reactive ketones (excluding diaryl/α,β-unsaturated/α-hetero) is 1. The first-order chi connectivity index (χ1) is 17.9. The second-order valence-electron chi connectivity index (χ2n) is 9.23. The molecule has 0 saturated carbocycles. The summed E-state index contributed by atoms with van der Waals surface area (Å²) in [5, 5.41) is 7.76. The molecule has 8 heteroatoms. The molecule has 3 aromatic carbocycles. The topological polar surface area (TPSA) is 80.6 Å². The van der Waals surface area contributed by atoms with Gasteiger partial charge in [0.1, 0.15) is 12.0 Å². The van der Waals surface area contributed by atoms with Crippen LogP contribution in [0.5, 0.6) is 5.75 Å². The quantitative estimate of drug-likeness (QED) is 0.293. The van der Waals surface area contributed by atoms with Gasteiger partial charge in [0.05, 0.1) is 40.5 Å². The summed E-state index contributed by atoms with van der Waals surface area (Å²) in [5.41, 5.74) is 4.25. The van der Waals surface area contributed by atoms with Gasteiger partial charge in [0, 0.05) is 22.7 Å². The molecule has 0 bridgehead atoms.